The van der Waals surface area contributed by atoms with E-state index in [9.17, 15) is 0 Å². The van der Waals surface area contributed by atoms with Crippen molar-refractivity contribution in [2.24, 2.45) is 0 Å². The van der Waals surface area contributed by atoms with Crippen molar-refractivity contribution in [2.45, 2.75) is 25.7 Å². The van der Waals surface area contributed by atoms with Crippen molar-refractivity contribution in [1.82, 2.24) is 0 Å². The van der Waals surface area contributed by atoms with Gasteiger partial charge in [-0.25, -0.2) is 0 Å². The second-order valence-electron chi connectivity index (χ2n) is 3.96. The Morgan fingerprint density at radius 2 is 1.06 bits per heavy atom. The van der Waals surface area contributed by atoms with Gasteiger partial charge in [0.2, 0.25) is 0 Å². The molecule has 0 radical (unpaired) electrons. The maximum Gasteiger partial charge on any atom is 0.119 e. The lowest BCUT2D eigenvalue weighted by atomic mass is 10.3. The normalized spacial score (nSPS) is 10.3. The third kappa shape index (κ3) is 7.66. The Balaban J connectivity index is 2.20. The summed E-state index contributed by atoms with van der Waals surface area (Å²) < 4.78 is 13.7. The van der Waals surface area contributed by atoms with Gasteiger partial charge in [0.15, 0.2) is 0 Å². The maximum absolute atomic E-state index is 5.65. The molecule has 0 unspecified atom stereocenters. The predicted octanol–water partition coefficient (Wildman–Crippen LogP) is 4.87. The summed E-state index contributed by atoms with van der Waals surface area (Å²) in [6.45, 7) is 1.61. The fourth-order valence-corrected chi connectivity index (χ4v) is 2.48. The summed E-state index contributed by atoms with van der Waals surface area (Å²) >= 11 is 4.78. The summed E-state index contributed by atoms with van der Waals surface area (Å²) in [5, 5.41) is 0. The van der Waals surface area contributed by atoms with Gasteiger partial charge in [-0.05, 0) is 58.8 Å². The highest BCUT2D eigenvalue weighted by atomic mass is 127. The summed E-state index contributed by atoms with van der Waals surface area (Å²) in [5.41, 5.74) is 0. The highest BCUT2D eigenvalue weighted by Gasteiger charge is 1.96. The number of hydrogen-bond donors (Lipinski definition) is 0. The SMILES string of the molecule is ICCCCOc1ccc(OCCCCI)cc1. The molecule has 0 heterocycles. The smallest absolute Gasteiger partial charge is 0.119 e. The average molecular weight is 474 g/mol. The molecule has 0 bridgehead atoms. The topological polar surface area (TPSA) is 18.5 Å². The molecule has 0 aliphatic rings. The van der Waals surface area contributed by atoms with E-state index in [1.807, 2.05) is 24.3 Å². The summed E-state index contributed by atoms with van der Waals surface area (Å²) in [6.07, 6.45) is 4.69. The number of unbranched alkanes of at least 4 members (excludes halogenated alkanes) is 2. The first-order chi connectivity index (χ1) is 8.86. The van der Waals surface area contributed by atoms with Gasteiger partial charge < -0.3 is 9.47 Å². The second-order valence-corrected chi connectivity index (χ2v) is 6.12. The van der Waals surface area contributed by atoms with Crippen LogP contribution in [0.3, 0.4) is 0 Å². The molecule has 1 rings (SSSR count). The second kappa shape index (κ2) is 11.1. The van der Waals surface area contributed by atoms with E-state index in [4.69, 9.17) is 9.47 Å². The molecule has 18 heavy (non-hydrogen) atoms. The van der Waals surface area contributed by atoms with Crippen LogP contribution >= 0.6 is 45.2 Å². The van der Waals surface area contributed by atoms with Gasteiger partial charge in [-0.2, -0.15) is 0 Å². The van der Waals surface area contributed by atoms with Crippen molar-refractivity contribution in [3.8, 4) is 11.5 Å². The fraction of sp³-hybridized carbons (Fsp3) is 0.571. The van der Waals surface area contributed by atoms with E-state index in [-0.39, 0.29) is 0 Å². The van der Waals surface area contributed by atoms with Crippen LogP contribution in [0.1, 0.15) is 25.7 Å². The quantitative estimate of drug-likeness (QED) is 0.274. The molecule has 4 heteroatoms. The van der Waals surface area contributed by atoms with Crippen LogP contribution in [0.15, 0.2) is 24.3 Å². The highest BCUT2D eigenvalue weighted by molar-refractivity contribution is 14.1. The Morgan fingerprint density at radius 1 is 0.667 bits per heavy atom. The van der Waals surface area contributed by atoms with Gasteiger partial charge in [-0.3, -0.25) is 0 Å². The van der Waals surface area contributed by atoms with Gasteiger partial charge in [0.1, 0.15) is 11.5 Å². The van der Waals surface area contributed by atoms with Crippen molar-refractivity contribution in [1.29, 1.82) is 0 Å². The zero-order valence-corrected chi connectivity index (χ0v) is 14.9. The van der Waals surface area contributed by atoms with Crippen LogP contribution in [-0.4, -0.2) is 22.1 Å². The van der Waals surface area contributed by atoms with Crippen molar-refractivity contribution in [2.75, 3.05) is 22.1 Å². The zero-order valence-electron chi connectivity index (χ0n) is 10.5. The summed E-state index contributed by atoms with van der Waals surface area (Å²) in [6, 6.07) is 7.94. The summed E-state index contributed by atoms with van der Waals surface area (Å²) in [7, 11) is 0. The van der Waals surface area contributed by atoms with Gasteiger partial charge in [0.25, 0.3) is 0 Å². The molecule has 0 N–H and O–H groups in total. The summed E-state index contributed by atoms with van der Waals surface area (Å²) in [5.74, 6) is 1.87. The van der Waals surface area contributed by atoms with E-state index < -0.39 is 0 Å². The average Bonchev–Trinajstić information content (AvgIpc) is 2.41. The Hall–Kier alpha value is 0.280. The first kappa shape index (κ1) is 16.3. The third-order valence-electron chi connectivity index (χ3n) is 2.42. The minimum Gasteiger partial charge on any atom is -0.494 e. The molecular weight excluding hydrogens is 454 g/mol. The van der Waals surface area contributed by atoms with E-state index in [0.717, 1.165) is 37.6 Å². The number of benzene rings is 1. The van der Waals surface area contributed by atoms with Gasteiger partial charge in [0, 0.05) is 0 Å². The minimum absolute atomic E-state index is 0.804. The molecule has 0 atom stereocenters. The molecule has 1 aromatic carbocycles. The molecule has 0 fully saturated rings. The molecule has 0 amide bonds. The Morgan fingerprint density at radius 3 is 1.39 bits per heavy atom. The lowest BCUT2D eigenvalue weighted by molar-refractivity contribution is 0.301. The van der Waals surface area contributed by atoms with E-state index in [1.54, 1.807) is 0 Å². The number of alkyl halides is 2. The van der Waals surface area contributed by atoms with E-state index in [0.29, 0.717) is 0 Å². The maximum atomic E-state index is 5.65. The van der Waals surface area contributed by atoms with Crippen molar-refractivity contribution >= 4 is 45.2 Å². The molecule has 0 spiro atoms. The Labute approximate surface area is 137 Å². The van der Waals surface area contributed by atoms with Gasteiger partial charge >= 0.3 is 0 Å². The lowest BCUT2D eigenvalue weighted by Crippen LogP contribution is -1.99. The van der Waals surface area contributed by atoms with Gasteiger partial charge in [-0.1, -0.05) is 45.2 Å². The van der Waals surface area contributed by atoms with Crippen LogP contribution < -0.4 is 9.47 Å². The van der Waals surface area contributed by atoms with Gasteiger partial charge in [0.05, 0.1) is 13.2 Å². The molecular formula is C14H20I2O2. The Kier molecular flexibility index (Phi) is 10.1. The number of halogens is 2. The van der Waals surface area contributed by atoms with Crippen molar-refractivity contribution < 1.29 is 9.47 Å². The van der Waals surface area contributed by atoms with Crippen molar-refractivity contribution in [3.05, 3.63) is 24.3 Å². The lowest BCUT2D eigenvalue weighted by Gasteiger charge is -2.08. The van der Waals surface area contributed by atoms with Crippen LogP contribution in [0.2, 0.25) is 0 Å². The number of rotatable bonds is 10. The largest absolute Gasteiger partial charge is 0.494 e. The molecule has 0 saturated carbocycles. The number of hydrogen-bond acceptors (Lipinski definition) is 2. The van der Waals surface area contributed by atoms with Crippen LogP contribution in [-0.2, 0) is 0 Å². The first-order valence-electron chi connectivity index (χ1n) is 6.34. The molecule has 0 aliphatic carbocycles. The van der Waals surface area contributed by atoms with Crippen molar-refractivity contribution in [3.63, 3.8) is 0 Å². The van der Waals surface area contributed by atoms with Crippen LogP contribution in [0.4, 0.5) is 0 Å². The molecule has 0 aliphatic heterocycles. The number of ether oxygens (including phenoxy) is 2. The van der Waals surface area contributed by atoms with Gasteiger partial charge in [-0.15, -0.1) is 0 Å². The molecule has 102 valence electrons. The molecule has 1 aromatic rings. The molecule has 0 saturated heterocycles. The minimum atomic E-state index is 0.804. The standard InChI is InChI=1S/C14H20I2O2/c15-9-1-3-11-17-13-5-7-14(8-6-13)18-12-4-2-10-16/h5-8H,1-4,9-12H2. The molecule has 2 nitrogen and oxygen atoms in total. The predicted molar refractivity (Wildman–Crippen MR) is 93.7 cm³/mol. The van der Waals surface area contributed by atoms with E-state index in [1.165, 1.54) is 21.7 Å². The van der Waals surface area contributed by atoms with E-state index >= 15 is 0 Å². The Bertz CT molecular complexity index is 270. The van der Waals surface area contributed by atoms with E-state index in [2.05, 4.69) is 45.2 Å². The van der Waals surface area contributed by atoms with Crippen LogP contribution in [0, 0.1) is 0 Å². The van der Waals surface area contributed by atoms with Crippen LogP contribution in [0.25, 0.3) is 0 Å². The zero-order chi connectivity index (χ0) is 13.1. The highest BCUT2D eigenvalue weighted by Crippen LogP contribution is 2.18. The monoisotopic (exact) mass is 474 g/mol. The third-order valence-corrected chi connectivity index (χ3v) is 3.94. The fourth-order valence-electron chi connectivity index (χ4n) is 1.41. The molecule has 0 aromatic heterocycles. The summed E-state index contributed by atoms with van der Waals surface area (Å²) in [4.78, 5) is 0. The van der Waals surface area contributed by atoms with Crippen LogP contribution in [0.5, 0.6) is 11.5 Å². The first-order valence-corrected chi connectivity index (χ1v) is 9.39.